The normalized spacial score (nSPS) is 25.5. The summed E-state index contributed by atoms with van der Waals surface area (Å²) >= 11 is 3.51. The van der Waals surface area contributed by atoms with Crippen LogP contribution in [0, 0.1) is 35.1 Å². The van der Waals surface area contributed by atoms with Gasteiger partial charge in [0, 0.05) is 36.3 Å². The smallest absolute Gasteiger partial charge is 0.429 e. The molecule has 4 nitrogen and oxygen atoms in total. The topological polar surface area (TPSA) is 47.9 Å². The SMILES string of the molecule is OCCC1CSC(C2COC(c3cc(F)c(C(F)(F)Oc4cc(F)cc(F)c4)c(F)c3)OC2)SC1. The maximum absolute atomic E-state index is 14.6. The molecule has 192 valence electrons. The van der Waals surface area contributed by atoms with Crippen molar-refractivity contribution >= 4 is 23.5 Å². The van der Waals surface area contributed by atoms with Crippen molar-refractivity contribution in [2.45, 2.75) is 23.4 Å². The molecule has 0 amide bonds. The molecule has 2 aliphatic heterocycles. The molecule has 0 spiro atoms. The third-order valence-corrected chi connectivity index (χ3v) is 9.12. The molecule has 2 saturated heterocycles. The summed E-state index contributed by atoms with van der Waals surface area (Å²) < 4.78 is 100. The van der Waals surface area contributed by atoms with E-state index >= 15 is 0 Å². The molecule has 1 N–H and O–H groups in total. The number of aliphatic hydroxyl groups excluding tert-OH is 1. The van der Waals surface area contributed by atoms with E-state index in [1.807, 2.05) is 0 Å². The van der Waals surface area contributed by atoms with Gasteiger partial charge in [-0.1, -0.05) is 0 Å². The Morgan fingerprint density at radius 1 is 0.914 bits per heavy atom. The Hall–Kier alpha value is -1.60. The van der Waals surface area contributed by atoms with E-state index in [0.29, 0.717) is 36.2 Å². The Labute approximate surface area is 206 Å². The Balaban J connectivity index is 1.41. The molecule has 0 bridgehead atoms. The van der Waals surface area contributed by atoms with Gasteiger partial charge in [0.2, 0.25) is 0 Å². The van der Waals surface area contributed by atoms with E-state index in [1.54, 1.807) is 23.5 Å². The molecule has 4 rings (SSSR count). The van der Waals surface area contributed by atoms with Gasteiger partial charge in [-0.2, -0.15) is 8.78 Å². The minimum absolute atomic E-state index is 0.0368. The number of ether oxygens (including phenoxy) is 3. The lowest BCUT2D eigenvalue weighted by atomic mass is 10.1. The largest absolute Gasteiger partial charge is 0.432 e. The van der Waals surface area contributed by atoms with E-state index in [4.69, 9.17) is 14.6 Å². The van der Waals surface area contributed by atoms with Gasteiger partial charge in [-0.25, -0.2) is 17.6 Å². The Morgan fingerprint density at radius 2 is 1.49 bits per heavy atom. The van der Waals surface area contributed by atoms with Gasteiger partial charge in [0.25, 0.3) is 0 Å². The van der Waals surface area contributed by atoms with Crippen molar-refractivity contribution in [1.29, 1.82) is 0 Å². The average molecular weight is 541 g/mol. The Kier molecular flexibility index (Phi) is 8.47. The van der Waals surface area contributed by atoms with Crippen molar-refractivity contribution in [1.82, 2.24) is 0 Å². The summed E-state index contributed by atoms with van der Waals surface area (Å²) in [7, 11) is 0. The fourth-order valence-corrected chi connectivity index (χ4v) is 7.20. The van der Waals surface area contributed by atoms with Crippen LogP contribution >= 0.6 is 23.5 Å². The molecule has 0 atom stereocenters. The number of hydrogen-bond donors (Lipinski definition) is 1. The minimum Gasteiger partial charge on any atom is -0.429 e. The van der Waals surface area contributed by atoms with E-state index in [2.05, 4.69) is 4.74 Å². The van der Waals surface area contributed by atoms with E-state index < -0.39 is 47.0 Å². The molecule has 2 aromatic rings. The number of hydrogen-bond acceptors (Lipinski definition) is 6. The maximum atomic E-state index is 14.6. The fraction of sp³-hybridized carbons (Fsp3) is 0.478. The molecule has 2 fully saturated rings. The van der Waals surface area contributed by atoms with Crippen molar-refractivity contribution < 1.29 is 45.7 Å². The highest BCUT2D eigenvalue weighted by molar-refractivity contribution is 8.17. The predicted molar refractivity (Wildman–Crippen MR) is 119 cm³/mol. The van der Waals surface area contributed by atoms with E-state index in [9.17, 15) is 26.3 Å². The summed E-state index contributed by atoms with van der Waals surface area (Å²) in [5.74, 6) is -4.25. The number of thioether (sulfide) groups is 2. The number of halogens is 6. The van der Waals surface area contributed by atoms with Crippen LogP contribution in [0.3, 0.4) is 0 Å². The molecule has 2 aliphatic rings. The molecule has 0 radical (unpaired) electrons. The van der Waals surface area contributed by atoms with Gasteiger partial charge in [0.1, 0.15) is 34.6 Å². The highest BCUT2D eigenvalue weighted by Gasteiger charge is 2.42. The van der Waals surface area contributed by atoms with Crippen molar-refractivity contribution in [3.63, 3.8) is 0 Å². The second-order valence-corrected chi connectivity index (χ2v) is 10.9. The summed E-state index contributed by atoms with van der Waals surface area (Å²) in [6.07, 6.45) is -4.94. The number of aliphatic hydroxyl groups is 1. The van der Waals surface area contributed by atoms with Crippen molar-refractivity contribution in [2.24, 2.45) is 11.8 Å². The second-order valence-electron chi connectivity index (χ2n) is 8.26. The highest BCUT2D eigenvalue weighted by atomic mass is 32.2. The van der Waals surface area contributed by atoms with Crippen LogP contribution < -0.4 is 4.74 Å². The van der Waals surface area contributed by atoms with Crippen LogP contribution in [0.5, 0.6) is 5.75 Å². The molecular formula is C23H22F6O4S2. The monoisotopic (exact) mass is 540 g/mol. The summed E-state index contributed by atoms with van der Waals surface area (Å²) in [5.41, 5.74) is -1.83. The average Bonchev–Trinajstić information content (AvgIpc) is 2.78. The van der Waals surface area contributed by atoms with Gasteiger partial charge in [-0.15, -0.1) is 23.5 Å². The minimum atomic E-state index is -4.55. The molecule has 2 aromatic carbocycles. The van der Waals surface area contributed by atoms with E-state index in [-0.39, 0.29) is 35.9 Å². The Bertz CT molecular complexity index is 984. The lowest BCUT2D eigenvalue weighted by molar-refractivity contribution is -0.203. The van der Waals surface area contributed by atoms with Crippen LogP contribution in [0.4, 0.5) is 26.3 Å². The summed E-state index contributed by atoms with van der Waals surface area (Å²) in [5, 5.41) is 9.07. The van der Waals surface area contributed by atoms with Crippen LogP contribution in [0.1, 0.15) is 23.8 Å². The predicted octanol–water partition coefficient (Wildman–Crippen LogP) is 5.84. The number of alkyl halides is 2. The first-order chi connectivity index (χ1) is 16.7. The lowest BCUT2D eigenvalue weighted by Gasteiger charge is -2.37. The van der Waals surface area contributed by atoms with Gasteiger partial charge in [-0.3, -0.25) is 0 Å². The molecule has 0 aliphatic carbocycles. The molecule has 12 heteroatoms. The molecular weight excluding hydrogens is 518 g/mol. The zero-order valence-electron chi connectivity index (χ0n) is 18.2. The van der Waals surface area contributed by atoms with Gasteiger partial charge in [-0.05, 0) is 36.0 Å². The summed E-state index contributed by atoms with van der Waals surface area (Å²) in [4.78, 5) is 0. The van der Waals surface area contributed by atoms with Crippen molar-refractivity contribution in [3.8, 4) is 5.75 Å². The molecule has 35 heavy (non-hydrogen) atoms. The second kappa shape index (κ2) is 11.2. The zero-order valence-corrected chi connectivity index (χ0v) is 19.8. The number of rotatable bonds is 7. The third-order valence-electron chi connectivity index (χ3n) is 5.55. The first kappa shape index (κ1) is 26.5. The molecule has 0 aromatic heterocycles. The van der Waals surface area contributed by atoms with Gasteiger partial charge < -0.3 is 19.3 Å². The number of benzene rings is 2. The van der Waals surface area contributed by atoms with Crippen LogP contribution in [-0.2, 0) is 15.6 Å². The van der Waals surface area contributed by atoms with Crippen LogP contribution in [0.25, 0.3) is 0 Å². The lowest BCUT2D eigenvalue weighted by Crippen LogP contribution is -2.35. The molecule has 2 heterocycles. The van der Waals surface area contributed by atoms with E-state index in [0.717, 1.165) is 17.9 Å². The van der Waals surface area contributed by atoms with Gasteiger partial charge in [0.05, 0.1) is 17.8 Å². The summed E-state index contributed by atoms with van der Waals surface area (Å²) in [6.45, 7) is 0.673. The van der Waals surface area contributed by atoms with Gasteiger partial charge in [0.15, 0.2) is 6.29 Å². The highest BCUT2D eigenvalue weighted by Crippen LogP contribution is 2.42. The van der Waals surface area contributed by atoms with Crippen LogP contribution in [0.15, 0.2) is 30.3 Å². The quantitative estimate of drug-likeness (QED) is 0.446. The third kappa shape index (κ3) is 6.40. The molecule has 0 unspecified atom stereocenters. The molecule has 0 saturated carbocycles. The zero-order chi connectivity index (χ0) is 25.2. The first-order valence-corrected chi connectivity index (χ1v) is 12.9. The van der Waals surface area contributed by atoms with E-state index in [1.165, 1.54) is 0 Å². The van der Waals surface area contributed by atoms with Crippen LogP contribution in [0.2, 0.25) is 0 Å². The first-order valence-electron chi connectivity index (χ1n) is 10.8. The Morgan fingerprint density at radius 3 is 2.03 bits per heavy atom. The fourth-order valence-electron chi connectivity index (χ4n) is 3.84. The van der Waals surface area contributed by atoms with Crippen molar-refractivity contribution in [3.05, 3.63) is 64.7 Å². The van der Waals surface area contributed by atoms with Crippen LogP contribution in [-0.4, -0.2) is 41.0 Å². The summed E-state index contributed by atoms with van der Waals surface area (Å²) in [6, 6.07) is 2.70. The standard InChI is InChI=1S/C23H22F6O4S2/c24-15-5-16(25)7-17(6-15)33-23(28,29)20-18(26)3-13(4-19(20)27)21-31-8-14(9-32-21)22-34-10-12(1-2-30)11-35-22/h3-7,12,14,21-22,30H,1-2,8-11H2. The maximum Gasteiger partial charge on any atom is 0.432 e. The van der Waals surface area contributed by atoms with Gasteiger partial charge >= 0.3 is 6.11 Å². The van der Waals surface area contributed by atoms with Crippen molar-refractivity contribution in [2.75, 3.05) is 31.3 Å².